The van der Waals surface area contributed by atoms with E-state index in [2.05, 4.69) is 31.2 Å². The first-order valence-corrected chi connectivity index (χ1v) is 10.9. The van der Waals surface area contributed by atoms with Crippen LogP contribution in [0.3, 0.4) is 0 Å². The summed E-state index contributed by atoms with van der Waals surface area (Å²) in [6, 6.07) is 20.7. The van der Waals surface area contributed by atoms with Crippen molar-refractivity contribution >= 4 is 50.7 Å². The lowest BCUT2D eigenvalue weighted by molar-refractivity contribution is -0.384. The number of nitrogens with one attached hydrogen (secondary N) is 1. The van der Waals surface area contributed by atoms with Gasteiger partial charge in [0.2, 0.25) is 5.95 Å². The van der Waals surface area contributed by atoms with Crippen molar-refractivity contribution in [2.75, 3.05) is 11.1 Å². The number of non-ortho nitro benzene ring substituents is 1. The molecule has 10 heteroatoms. The number of hydrogen-bond donors (Lipinski definition) is 2. The number of aromatic nitrogens is 2. The third-order valence-corrected chi connectivity index (χ3v) is 5.40. The maximum atomic E-state index is 10.8. The molecule has 4 rings (SSSR count). The molecule has 0 fully saturated rings. The molecule has 0 aliphatic heterocycles. The summed E-state index contributed by atoms with van der Waals surface area (Å²) in [5.74, 6) is 1.16. The number of rotatable bonds is 7. The van der Waals surface area contributed by atoms with Crippen LogP contribution >= 0.6 is 27.5 Å². The molecule has 0 amide bonds. The van der Waals surface area contributed by atoms with Crippen LogP contribution in [0.2, 0.25) is 5.02 Å². The zero-order valence-electron chi connectivity index (χ0n) is 17.0. The van der Waals surface area contributed by atoms with Crippen LogP contribution in [0.4, 0.5) is 23.1 Å². The summed E-state index contributed by atoms with van der Waals surface area (Å²) in [4.78, 5) is 19.1. The van der Waals surface area contributed by atoms with E-state index >= 15 is 0 Å². The molecule has 166 valence electrons. The van der Waals surface area contributed by atoms with Gasteiger partial charge in [-0.1, -0.05) is 33.6 Å². The molecule has 33 heavy (non-hydrogen) atoms. The quantitative estimate of drug-likeness (QED) is 0.212. The minimum absolute atomic E-state index is 0.00357. The molecule has 0 bridgehead atoms. The van der Waals surface area contributed by atoms with Crippen LogP contribution in [-0.4, -0.2) is 14.9 Å². The van der Waals surface area contributed by atoms with Gasteiger partial charge in [0.15, 0.2) is 0 Å². The summed E-state index contributed by atoms with van der Waals surface area (Å²) in [5, 5.41) is 14.7. The molecule has 0 spiro atoms. The predicted molar refractivity (Wildman–Crippen MR) is 132 cm³/mol. The molecule has 0 saturated heterocycles. The number of hydrogen-bond acceptors (Lipinski definition) is 7. The van der Waals surface area contributed by atoms with Crippen molar-refractivity contribution in [1.29, 1.82) is 0 Å². The number of halogens is 2. The van der Waals surface area contributed by atoms with Crippen molar-refractivity contribution in [3.63, 3.8) is 0 Å². The average Bonchev–Trinajstić information content (AvgIpc) is 2.79. The van der Waals surface area contributed by atoms with Gasteiger partial charge in [-0.25, -0.2) is 4.98 Å². The molecule has 0 atom stereocenters. The molecule has 1 heterocycles. The van der Waals surface area contributed by atoms with Crippen molar-refractivity contribution in [3.05, 3.63) is 98.0 Å². The van der Waals surface area contributed by atoms with Gasteiger partial charge in [-0.3, -0.25) is 10.1 Å². The Morgan fingerprint density at radius 2 is 1.76 bits per heavy atom. The second kappa shape index (κ2) is 9.85. The van der Waals surface area contributed by atoms with E-state index in [0.717, 1.165) is 21.3 Å². The molecule has 8 nitrogen and oxygen atoms in total. The van der Waals surface area contributed by atoms with Crippen LogP contribution in [0.25, 0.3) is 11.3 Å². The normalized spacial score (nSPS) is 10.6. The van der Waals surface area contributed by atoms with Gasteiger partial charge < -0.3 is 15.8 Å². The number of ether oxygens (including phenoxy) is 1. The van der Waals surface area contributed by atoms with Gasteiger partial charge in [-0.2, -0.15) is 4.98 Å². The summed E-state index contributed by atoms with van der Waals surface area (Å²) in [7, 11) is 0. The van der Waals surface area contributed by atoms with Crippen molar-refractivity contribution < 1.29 is 9.66 Å². The van der Waals surface area contributed by atoms with E-state index in [4.69, 9.17) is 22.1 Å². The van der Waals surface area contributed by atoms with Crippen molar-refractivity contribution in [1.82, 2.24) is 9.97 Å². The minimum atomic E-state index is -0.453. The first-order chi connectivity index (χ1) is 15.9. The lowest BCUT2D eigenvalue weighted by Crippen LogP contribution is -2.04. The fourth-order valence-electron chi connectivity index (χ4n) is 3.09. The largest absolute Gasteiger partial charge is 0.489 e. The third-order valence-electron chi connectivity index (χ3n) is 4.65. The van der Waals surface area contributed by atoms with Gasteiger partial charge in [-0.05, 0) is 54.1 Å². The second-order valence-electron chi connectivity index (χ2n) is 6.97. The van der Waals surface area contributed by atoms with Crippen LogP contribution in [0.1, 0.15) is 5.56 Å². The van der Waals surface area contributed by atoms with E-state index in [1.807, 2.05) is 30.3 Å². The Bertz CT molecular complexity index is 1300. The Morgan fingerprint density at radius 1 is 1.03 bits per heavy atom. The molecule has 1 aromatic heterocycles. The third kappa shape index (κ3) is 5.76. The molecule has 0 radical (unpaired) electrons. The highest BCUT2D eigenvalue weighted by Gasteiger charge is 2.12. The summed E-state index contributed by atoms with van der Waals surface area (Å²) < 4.78 is 6.72. The summed E-state index contributed by atoms with van der Waals surface area (Å²) in [6.07, 6.45) is 0. The fourth-order valence-corrected chi connectivity index (χ4v) is 3.57. The van der Waals surface area contributed by atoms with Crippen LogP contribution < -0.4 is 15.8 Å². The zero-order chi connectivity index (χ0) is 23.4. The molecule has 0 unspecified atom stereocenters. The molecule has 3 aromatic carbocycles. The Morgan fingerprint density at radius 3 is 2.45 bits per heavy atom. The molecule has 0 aliphatic carbocycles. The number of nitrogens with two attached hydrogens (primary N) is 1. The molecule has 0 saturated carbocycles. The lowest BCUT2D eigenvalue weighted by atomic mass is 10.0. The Labute approximate surface area is 202 Å². The van der Waals surface area contributed by atoms with E-state index < -0.39 is 4.92 Å². The van der Waals surface area contributed by atoms with Gasteiger partial charge in [-0.15, -0.1) is 0 Å². The SMILES string of the molecule is Nc1nc(Nc2ccc(Cl)cc2)cc(-c2cc(Br)ccc2COc2ccc([N+](=O)[O-])cc2)n1. The molecule has 0 aliphatic rings. The minimum Gasteiger partial charge on any atom is -0.489 e. The maximum absolute atomic E-state index is 10.8. The number of benzene rings is 3. The summed E-state index contributed by atoms with van der Waals surface area (Å²) >= 11 is 9.45. The summed E-state index contributed by atoms with van der Waals surface area (Å²) in [6.45, 7) is 0.226. The predicted octanol–water partition coefficient (Wildman–Crippen LogP) is 6.37. The highest BCUT2D eigenvalue weighted by molar-refractivity contribution is 9.10. The van der Waals surface area contributed by atoms with E-state index in [1.165, 1.54) is 12.1 Å². The number of nitro benzene ring substituents is 1. The first-order valence-electron chi connectivity index (χ1n) is 9.70. The highest BCUT2D eigenvalue weighted by Crippen LogP contribution is 2.30. The lowest BCUT2D eigenvalue weighted by Gasteiger charge is -2.13. The second-order valence-corrected chi connectivity index (χ2v) is 8.32. The molecular formula is C23H17BrClN5O3. The van der Waals surface area contributed by atoms with Crippen molar-refractivity contribution in [2.45, 2.75) is 6.61 Å². The van der Waals surface area contributed by atoms with E-state index in [1.54, 1.807) is 30.3 Å². The Kier molecular flexibility index (Phi) is 6.71. The van der Waals surface area contributed by atoms with Crippen LogP contribution in [0.15, 0.2) is 77.3 Å². The smallest absolute Gasteiger partial charge is 0.269 e. The average molecular weight is 527 g/mol. The molecule has 4 aromatic rings. The van der Waals surface area contributed by atoms with Gasteiger partial charge in [0.25, 0.3) is 5.69 Å². The number of anilines is 3. The van der Waals surface area contributed by atoms with Crippen LogP contribution in [0.5, 0.6) is 5.75 Å². The zero-order valence-corrected chi connectivity index (χ0v) is 19.4. The topological polar surface area (TPSA) is 116 Å². The first kappa shape index (κ1) is 22.5. The van der Waals surface area contributed by atoms with Crippen molar-refractivity contribution in [2.24, 2.45) is 0 Å². The van der Waals surface area contributed by atoms with Crippen molar-refractivity contribution in [3.8, 4) is 17.0 Å². The molecular weight excluding hydrogens is 510 g/mol. The Balaban J connectivity index is 1.60. The standard InChI is InChI=1S/C23H17BrClN5O3/c24-15-2-1-14(13-33-19-9-7-18(8-10-19)30(31)32)20(11-15)21-12-22(29-23(26)28-21)27-17-5-3-16(25)4-6-17/h1-12H,13H2,(H3,26,27,28,29). The maximum Gasteiger partial charge on any atom is 0.269 e. The van der Waals surface area contributed by atoms with E-state index in [9.17, 15) is 10.1 Å². The van der Waals surface area contributed by atoms with Crippen LogP contribution in [0, 0.1) is 10.1 Å². The highest BCUT2D eigenvalue weighted by atomic mass is 79.9. The number of nitrogens with zero attached hydrogens (tertiary/aromatic N) is 3. The number of nitro groups is 1. The molecule has 3 N–H and O–H groups in total. The van der Waals surface area contributed by atoms with E-state index in [-0.39, 0.29) is 18.2 Å². The van der Waals surface area contributed by atoms with Gasteiger partial charge >= 0.3 is 0 Å². The van der Waals surface area contributed by atoms with Gasteiger partial charge in [0.05, 0.1) is 10.6 Å². The summed E-state index contributed by atoms with van der Waals surface area (Å²) in [5.41, 5.74) is 9.07. The Hall–Kier alpha value is -3.69. The monoisotopic (exact) mass is 525 g/mol. The van der Waals surface area contributed by atoms with Gasteiger partial charge in [0.1, 0.15) is 18.2 Å². The van der Waals surface area contributed by atoms with Crippen LogP contribution in [-0.2, 0) is 6.61 Å². The fraction of sp³-hybridized carbons (Fsp3) is 0.0435. The van der Waals surface area contributed by atoms with E-state index in [0.29, 0.717) is 22.3 Å². The van der Waals surface area contributed by atoms with Gasteiger partial charge in [0, 0.05) is 38.9 Å². The number of nitrogen functional groups attached to an aromatic ring is 1.